The number of urea groups is 1. The molecule has 0 radical (unpaired) electrons. The number of nitrogens with zero attached hydrogens (tertiary/aromatic N) is 1. The molecule has 0 saturated carbocycles. The zero-order valence-corrected chi connectivity index (χ0v) is 15.8. The van der Waals surface area contributed by atoms with Gasteiger partial charge in [-0.3, -0.25) is 10.1 Å². The van der Waals surface area contributed by atoms with Crippen LogP contribution in [0.1, 0.15) is 12.1 Å². The second-order valence-corrected chi connectivity index (χ2v) is 6.94. The number of halogens is 1. The van der Waals surface area contributed by atoms with Gasteiger partial charge in [0.15, 0.2) is 5.13 Å². The van der Waals surface area contributed by atoms with Crippen LogP contribution in [-0.2, 0) is 11.2 Å². The van der Waals surface area contributed by atoms with Crippen LogP contribution >= 0.6 is 22.9 Å². The minimum atomic E-state index is -0.403. The Morgan fingerprint density at radius 3 is 2.52 bits per heavy atom. The van der Waals surface area contributed by atoms with E-state index in [-0.39, 0.29) is 5.91 Å². The fraction of sp³-hybridized carbons (Fsp3) is 0.105. The number of benzene rings is 2. The van der Waals surface area contributed by atoms with Crippen LogP contribution in [0.5, 0.6) is 0 Å². The molecule has 0 spiro atoms. The molecule has 6 nitrogen and oxygen atoms in total. The number of thiazole rings is 1. The third-order valence-electron chi connectivity index (χ3n) is 3.52. The predicted octanol–water partition coefficient (Wildman–Crippen LogP) is 5.01. The van der Waals surface area contributed by atoms with Gasteiger partial charge in [-0.05, 0) is 36.8 Å². The Morgan fingerprint density at radius 1 is 0.963 bits per heavy atom. The summed E-state index contributed by atoms with van der Waals surface area (Å²) in [4.78, 5) is 28.3. The Kier molecular flexibility index (Phi) is 6.40. The number of carbonyl (C=O) groups is 2. The Hall–Kier alpha value is -2.90. The van der Waals surface area contributed by atoms with Crippen LogP contribution in [0.3, 0.4) is 0 Å². The number of carbonyl (C=O) groups excluding carboxylic acids is 2. The Balaban J connectivity index is 1.46. The van der Waals surface area contributed by atoms with E-state index >= 15 is 0 Å². The van der Waals surface area contributed by atoms with E-state index in [1.54, 1.807) is 24.3 Å². The standard InChI is InChI=1S/C19H17ClN4O2S/c20-13-5-4-8-15(11-13)22-18(26)24-19-23-16(12-27-19)9-10-17(25)21-14-6-2-1-3-7-14/h1-8,11-12H,9-10H2,(H,21,25)(H2,22,23,24,26). The molecular weight excluding hydrogens is 384 g/mol. The van der Waals surface area contributed by atoms with Gasteiger partial charge in [0.25, 0.3) is 0 Å². The first-order valence-corrected chi connectivity index (χ1v) is 9.47. The van der Waals surface area contributed by atoms with Gasteiger partial charge in [-0.15, -0.1) is 11.3 Å². The topological polar surface area (TPSA) is 83.1 Å². The fourth-order valence-corrected chi connectivity index (χ4v) is 3.22. The zero-order valence-electron chi connectivity index (χ0n) is 14.2. The lowest BCUT2D eigenvalue weighted by molar-refractivity contribution is -0.116. The SMILES string of the molecule is O=C(CCc1csc(NC(=O)Nc2cccc(Cl)c2)n1)Nc1ccccc1. The Morgan fingerprint density at radius 2 is 1.74 bits per heavy atom. The molecule has 0 aliphatic rings. The van der Waals surface area contributed by atoms with E-state index in [2.05, 4.69) is 20.9 Å². The molecule has 3 N–H and O–H groups in total. The summed E-state index contributed by atoms with van der Waals surface area (Å²) in [7, 11) is 0. The van der Waals surface area contributed by atoms with E-state index < -0.39 is 6.03 Å². The molecule has 0 fully saturated rings. The summed E-state index contributed by atoms with van der Waals surface area (Å²) in [6.45, 7) is 0. The normalized spacial score (nSPS) is 10.3. The number of aryl methyl sites for hydroxylation is 1. The second-order valence-electron chi connectivity index (χ2n) is 5.65. The number of rotatable bonds is 6. The minimum Gasteiger partial charge on any atom is -0.326 e. The lowest BCUT2D eigenvalue weighted by Gasteiger charge is -2.05. The molecular formula is C19H17ClN4O2S. The minimum absolute atomic E-state index is 0.0811. The highest BCUT2D eigenvalue weighted by Crippen LogP contribution is 2.19. The van der Waals surface area contributed by atoms with Gasteiger partial charge in [-0.2, -0.15) is 0 Å². The Bertz CT molecular complexity index is 930. The maximum Gasteiger partial charge on any atom is 0.325 e. The first kappa shape index (κ1) is 18.9. The van der Waals surface area contributed by atoms with E-state index in [9.17, 15) is 9.59 Å². The van der Waals surface area contributed by atoms with E-state index in [1.807, 2.05) is 35.7 Å². The van der Waals surface area contributed by atoms with Gasteiger partial charge in [0.1, 0.15) is 0 Å². The second kappa shape index (κ2) is 9.16. The smallest absolute Gasteiger partial charge is 0.325 e. The van der Waals surface area contributed by atoms with Crippen molar-refractivity contribution >= 4 is 51.4 Å². The van der Waals surface area contributed by atoms with Crippen LogP contribution < -0.4 is 16.0 Å². The number of hydrogen-bond donors (Lipinski definition) is 3. The van der Waals surface area contributed by atoms with Gasteiger partial charge in [0.2, 0.25) is 5.91 Å². The van der Waals surface area contributed by atoms with Crippen molar-refractivity contribution in [3.8, 4) is 0 Å². The van der Waals surface area contributed by atoms with Gasteiger partial charge in [-0.1, -0.05) is 35.9 Å². The van der Waals surface area contributed by atoms with E-state index in [1.165, 1.54) is 11.3 Å². The molecule has 138 valence electrons. The first-order valence-electron chi connectivity index (χ1n) is 8.21. The zero-order chi connectivity index (χ0) is 19.1. The van der Waals surface area contributed by atoms with Crippen molar-refractivity contribution in [1.82, 2.24) is 4.98 Å². The number of amides is 3. The predicted molar refractivity (Wildman–Crippen MR) is 110 cm³/mol. The van der Waals surface area contributed by atoms with Gasteiger partial charge < -0.3 is 10.6 Å². The van der Waals surface area contributed by atoms with Crippen LogP contribution in [0.15, 0.2) is 60.0 Å². The molecule has 0 unspecified atom stereocenters. The summed E-state index contributed by atoms with van der Waals surface area (Å²) in [5.41, 5.74) is 2.11. The van der Waals surface area contributed by atoms with Gasteiger partial charge in [0.05, 0.1) is 5.69 Å². The van der Waals surface area contributed by atoms with Crippen LogP contribution in [-0.4, -0.2) is 16.9 Å². The number of para-hydroxylation sites is 1. The largest absolute Gasteiger partial charge is 0.326 e. The molecule has 3 amide bonds. The first-order chi connectivity index (χ1) is 13.1. The highest BCUT2D eigenvalue weighted by atomic mass is 35.5. The number of aromatic nitrogens is 1. The third kappa shape index (κ3) is 6.09. The van der Waals surface area contributed by atoms with Crippen molar-refractivity contribution in [2.45, 2.75) is 12.8 Å². The summed E-state index contributed by atoms with van der Waals surface area (Å²) in [6.07, 6.45) is 0.805. The highest BCUT2D eigenvalue weighted by Gasteiger charge is 2.09. The van der Waals surface area contributed by atoms with Crippen molar-refractivity contribution in [2.24, 2.45) is 0 Å². The molecule has 2 aromatic carbocycles. The Labute approximate surface area is 165 Å². The summed E-state index contributed by atoms with van der Waals surface area (Å²) < 4.78 is 0. The maximum absolute atomic E-state index is 12.0. The van der Waals surface area contributed by atoms with Gasteiger partial charge in [-0.25, -0.2) is 9.78 Å². The summed E-state index contributed by atoms with van der Waals surface area (Å²) >= 11 is 7.19. The lowest BCUT2D eigenvalue weighted by Crippen LogP contribution is -2.19. The summed E-state index contributed by atoms with van der Waals surface area (Å²) in [6, 6.07) is 15.8. The molecule has 0 aliphatic carbocycles. The van der Waals surface area contributed by atoms with Gasteiger partial charge >= 0.3 is 6.03 Å². The molecule has 3 aromatic rings. The third-order valence-corrected chi connectivity index (χ3v) is 4.56. The number of nitrogens with one attached hydrogen (secondary N) is 3. The average Bonchev–Trinajstić information content (AvgIpc) is 3.08. The van der Waals surface area contributed by atoms with Crippen molar-refractivity contribution in [1.29, 1.82) is 0 Å². The average molecular weight is 401 g/mol. The lowest BCUT2D eigenvalue weighted by atomic mass is 10.2. The van der Waals surface area contributed by atoms with Crippen molar-refractivity contribution in [3.63, 3.8) is 0 Å². The van der Waals surface area contributed by atoms with E-state index in [0.717, 1.165) is 11.4 Å². The summed E-state index contributed by atoms with van der Waals surface area (Å²) in [5.74, 6) is -0.0811. The van der Waals surface area contributed by atoms with E-state index in [0.29, 0.717) is 28.7 Å². The van der Waals surface area contributed by atoms with Crippen molar-refractivity contribution in [3.05, 3.63) is 70.7 Å². The number of anilines is 3. The van der Waals surface area contributed by atoms with Crippen LogP contribution in [0.25, 0.3) is 0 Å². The van der Waals surface area contributed by atoms with Crippen LogP contribution in [0.4, 0.5) is 21.3 Å². The maximum atomic E-state index is 12.0. The molecule has 0 aliphatic heterocycles. The van der Waals surface area contributed by atoms with E-state index in [4.69, 9.17) is 11.6 Å². The highest BCUT2D eigenvalue weighted by molar-refractivity contribution is 7.13. The quantitative estimate of drug-likeness (QED) is 0.543. The fourth-order valence-electron chi connectivity index (χ4n) is 2.29. The van der Waals surface area contributed by atoms with Gasteiger partial charge in [0, 0.05) is 28.2 Å². The summed E-state index contributed by atoms with van der Waals surface area (Å²) in [5, 5.41) is 11.0. The molecule has 1 aromatic heterocycles. The number of hydrogen-bond acceptors (Lipinski definition) is 4. The van der Waals surface area contributed by atoms with Crippen molar-refractivity contribution in [2.75, 3.05) is 16.0 Å². The monoisotopic (exact) mass is 400 g/mol. The molecule has 27 heavy (non-hydrogen) atoms. The van der Waals surface area contributed by atoms with Crippen molar-refractivity contribution < 1.29 is 9.59 Å². The molecule has 0 bridgehead atoms. The molecule has 3 rings (SSSR count). The molecule has 8 heteroatoms. The molecule has 0 saturated heterocycles. The molecule has 0 atom stereocenters. The van der Waals surface area contributed by atoms with Crippen LogP contribution in [0, 0.1) is 0 Å². The van der Waals surface area contributed by atoms with Crippen LogP contribution in [0.2, 0.25) is 5.02 Å². The molecule has 1 heterocycles.